The fraction of sp³-hybridized carbons (Fsp3) is 0.583. The van der Waals surface area contributed by atoms with Gasteiger partial charge < -0.3 is 4.74 Å². The van der Waals surface area contributed by atoms with Crippen LogP contribution in [0, 0.1) is 47.3 Å². The van der Waals surface area contributed by atoms with Crippen LogP contribution in [0.3, 0.4) is 0 Å². The summed E-state index contributed by atoms with van der Waals surface area (Å²) in [6, 6.07) is 2.03. The number of hydrogen-bond acceptors (Lipinski definition) is 4. The lowest BCUT2D eigenvalue weighted by molar-refractivity contribution is -0.177. The summed E-state index contributed by atoms with van der Waals surface area (Å²) in [7, 11) is 0. The molecular formula is C24H24O3S. The first-order chi connectivity index (χ1) is 13.6. The van der Waals surface area contributed by atoms with Gasteiger partial charge >= 0.3 is 11.9 Å². The molecule has 1 aromatic rings. The van der Waals surface area contributed by atoms with Gasteiger partial charge in [-0.1, -0.05) is 0 Å². The molecule has 1 aromatic heterocycles. The van der Waals surface area contributed by atoms with E-state index in [1.165, 1.54) is 37.7 Å². The Balaban J connectivity index is 1.45. The molecule has 7 aliphatic carbocycles. The molecule has 7 saturated carbocycles. The van der Waals surface area contributed by atoms with E-state index in [0.29, 0.717) is 23.0 Å². The third-order valence-corrected chi connectivity index (χ3v) is 10.00. The van der Waals surface area contributed by atoms with Gasteiger partial charge in [0.05, 0.1) is 11.1 Å². The number of esters is 2. The second kappa shape index (κ2) is 5.27. The van der Waals surface area contributed by atoms with Crippen LogP contribution in [0.5, 0.6) is 0 Å². The van der Waals surface area contributed by atoms with Crippen molar-refractivity contribution in [3.8, 4) is 0 Å². The van der Waals surface area contributed by atoms with Crippen LogP contribution in [0.1, 0.15) is 44.6 Å². The van der Waals surface area contributed by atoms with E-state index in [2.05, 4.69) is 5.38 Å². The van der Waals surface area contributed by atoms with E-state index in [4.69, 9.17) is 4.74 Å². The average molecular weight is 393 g/mol. The summed E-state index contributed by atoms with van der Waals surface area (Å²) < 4.78 is 5.22. The molecule has 8 aliphatic rings. The molecule has 6 unspecified atom stereocenters. The third kappa shape index (κ3) is 1.82. The van der Waals surface area contributed by atoms with Gasteiger partial charge in [-0.3, -0.25) is 0 Å². The van der Waals surface area contributed by atoms with Crippen LogP contribution < -0.4 is 0 Å². The Bertz CT molecular complexity index is 959. The van der Waals surface area contributed by atoms with Crippen molar-refractivity contribution in [2.45, 2.75) is 39.0 Å². The highest BCUT2D eigenvalue weighted by atomic mass is 32.1. The second-order valence-electron chi connectivity index (χ2n) is 10.1. The summed E-state index contributed by atoms with van der Waals surface area (Å²) in [5.41, 5.74) is 4.51. The zero-order valence-electron chi connectivity index (χ0n) is 16.0. The maximum absolute atomic E-state index is 13.0. The molecule has 1 aliphatic heterocycles. The minimum Gasteiger partial charge on any atom is -0.386 e. The topological polar surface area (TPSA) is 43.4 Å². The van der Waals surface area contributed by atoms with Crippen molar-refractivity contribution >= 4 is 28.8 Å². The standard InChI is InChI=1S/C24H24O3S/c1-10(12-2-3-28-9-12)19-22(24(26)27-23(19)25)20-13-7-15-14-4-11-5-17(15)21(20)18(6-11)16(14)8-13/h2-3,9,11,13-18,21H,4-8H2,1H3/t11?,13?,14?,15-,16?,17-,18?,21?/m0/s1. The summed E-state index contributed by atoms with van der Waals surface area (Å²) in [6.07, 6.45) is 6.66. The van der Waals surface area contributed by atoms with E-state index in [1.807, 2.05) is 18.4 Å². The Morgan fingerprint density at radius 1 is 0.964 bits per heavy atom. The number of thiophene rings is 1. The zero-order chi connectivity index (χ0) is 18.7. The van der Waals surface area contributed by atoms with Gasteiger partial charge in [0.25, 0.3) is 0 Å². The Morgan fingerprint density at radius 3 is 2.32 bits per heavy atom. The fourth-order valence-electron chi connectivity index (χ4n) is 8.66. The van der Waals surface area contributed by atoms with Gasteiger partial charge in [0.1, 0.15) is 0 Å². The van der Waals surface area contributed by atoms with Crippen molar-refractivity contribution in [1.29, 1.82) is 0 Å². The Morgan fingerprint density at radius 2 is 1.64 bits per heavy atom. The van der Waals surface area contributed by atoms with Gasteiger partial charge in [0, 0.05) is 0 Å². The smallest absolute Gasteiger partial charge is 0.347 e. The molecule has 4 heteroatoms. The van der Waals surface area contributed by atoms with Gasteiger partial charge in [-0.15, -0.1) is 0 Å². The summed E-state index contributed by atoms with van der Waals surface area (Å²) in [5, 5.41) is 4.08. The number of allylic oxidation sites excluding steroid dienone is 2. The minimum atomic E-state index is -0.432. The predicted molar refractivity (Wildman–Crippen MR) is 106 cm³/mol. The Labute approximate surface area is 168 Å². The Hall–Kier alpha value is -1.68. The predicted octanol–water partition coefficient (Wildman–Crippen LogP) is 4.85. The van der Waals surface area contributed by atoms with Crippen LogP contribution in [-0.2, 0) is 14.3 Å². The lowest BCUT2D eigenvalue weighted by Gasteiger charge is -2.70. The van der Waals surface area contributed by atoms with E-state index < -0.39 is 5.97 Å². The lowest BCUT2D eigenvalue weighted by atomic mass is 9.34. The van der Waals surface area contributed by atoms with Crippen molar-refractivity contribution in [2.24, 2.45) is 47.3 Å². The molecular weight excluding hydrogens is 368 g/mol. The van der Waals surface area contributed by atoms with E-state index in [0.717, 1.165) is 46.6 Å². The molecule has 144 valence electrons. The molecule has 1 saturated heterocycles. The van der Waals surface area contributed by atoms with Crippen molar-refractivity contribution in [3.63, 3.8) is 0 Å². The van der Waals surface area contributed by atoms with Gasteiger partial charge in [0.15, 0.2) is 0 Å². The monoisotopic (exact) mass is 392 g/mol. The van der Waals surface area contributed by atoms with Crippen LogP contribution in [0.15, 0.2) is 33.5 Å². The van der Waals surface area contributed by atoms with Crippen molar-refractivity contribution in [3.05, 3.63) is 39.1 Å². The molecule has 0 aromatic carbocycles. The van der Waals surface area contributed by atoms with Gasteiger partial charge in [0.2, 0.25) is 0 Å². The molecule has 0 N–H and O–H groups in total. The van der Waals surface area contributed by atoms with Crippen LogP contribution >= 0.6 is 11.3 Å². The van der Waals surface area contributed by atoms with E-state index in [-0.39, 0.29) is 5.97 Å². The third-order valence-electron chi connectivity index (χ3n) is 9.31. The highest BCUT2D eigenvalue weighted by molar-refractivity contribution is 7.08. The average Bonchev–Trinajstić information content (AvgIpc) is 3.32. The molecule has 0 radical (unpaired) electrons. The highest BCUT2D eigenvalue weighted by Crippen LogP contribution is 2.73. The number of carbonyl (C=O) groups is 2. The summed E-state index contributed by atoms with van der Waals surface area (Å²) in [5.74, 6) is 5.37. The molecule has 8 bridgehead atoms. The van der Waals surface area contributed by atoms with Crippen LogP contribution in [0.4, 0.5) is 0 Å². The quantitative estimate of drug-likeness (QED) is 0.390. The number of hydrogen-bond donors (Lipinski definition) is 0. The first-order valence-corrected chi connectivity index (χ1v) is 11.8. The van der Waals surface area contributed by atoms with E-state index >= 15 is 0 Å². The van der Waals surface area contributed by atoms with Gasteiger partial charge in [-0.2, -0.15) is 11.3 Å². The summed E-state index contributed by atoms with van der Waals surface area (Å²) >= 11 is 1.62. The summed E-state index contributed by atoms with van der Waals surface area (Å²) in [6.45, 7) is 1.98. The van der Waals surface area contributed by atoms with Gasteiger partial charge in [-0.05, 0) is 120 Å². The maximum Gasteiger partial charge on any atom is 0.347 e. The molecule has 0 amide bonds. The molecule has 9 rings (SSSR count). The van der Waals surface area contributed by atoms with Crippen LogP contribution in [0.25, 0.3) is 5.57 Å². The molecule has 28 heavy (non-hydrogen) atoms. The van der Waals surface area contributed by atoms with E-state index in [1.54, 1.807) is 11.3 Å². The zero-order valence-corrected chi connectivity index (χ0v) is 16.8. The lowest BCUT2D eigenvalue weighted by Crippen LogP contribution is -2.63. The molecule has 3 nitrogen and oxygen atoms in total. The number of cyclic esters (lactones) is 2. The molecule has 2 heterocycles. The summed E-state index contributed by atoms with van der Waals surface area (Å²) in [4.78, 5) is 25.7. The minimum absolute atomic E-state index is 0.375. The van der Waals surface area contributed by atoms with Crippen LogP contribution in [-0.4, -0.2) is 11.9 Å². The first-order valence-electron chi connectivity index (χ1n) is 10.9. The molecule has 0 spiro atoms. The molecule has 8 fully saturated rings. The fourth-order valence-corrected chi connectivity index (χ4v) is 9.37. The first kappa shape index (κ1) is 16.2. The van der Waals surface area contributed by atoms with Crippen molar-refractivity contribution in [1.82, 2.24) is 0 Å². The maximum atomic E-state index is 13.0. The largest absolute Gasteiger partial charge is 0.386 e. The normalized spacial score (nSPS) is 49.3. The highest BCUT2D eigenvalue weighted by Gasteiger charge is 2.66. The van der Waals surface area contributed by atoms with E-state index in [9.17, 15) is 9.59 Å². The number of rotatable bonds is 1. The molecule has 8 atom stereocenters. The number of ether oxygens (including phenoxy) is 1. The van der Waals surface area contributed by atoms with Gasteiger partial charge in [-0.25, -0.2) is 9.59 Å². The second-order valence-corrected chi connectivity index (χ2v) is 10.9. The van der Waals surface area contributed by atoms with Crippen molar-refractivity contribution in [2.75, 3.05) is 0 Å². The Kier molecular flexibility index (Phi) is 3.04. The SMILES string of the molecule is CC(=C1C(=O)OC(=O)C1=C1C2CC3C4CC5CC3[C@H](C2)[C@H](C5)C14)c1ccsc1. The number of carbonyl (C=O) groups excluding carboxylic acids is 2. The van der Waals surface area contributed by atoms with Crippen molar-refractivity contribution < 1.29 is 14.3 Å². The van der Waals surface area contributed by atoms with Crippen LogP contribution in [0.2, 0.25) is 0 Å².